The highest BCUT2D eigenvalue weighted by Gasteiger charge is 2.42. The Balaban J connectivity index is 1.23. The molecule has 3 aliphatic heterocycles. The third-order valence-corrected chi connectivity index (χ3v) is 13.4. The minimum absolute atomic E-state index is 0.0501. The number of morpholine rings is 1. The Labute approximate surface area is 272 Å². The van der Waals surface area contributed by atoms with Gasteiger partial charge < -0.3 is 15.4 Å². The van der Waals surface area contributed by atoms with Gasteiger partial charge in [-0.2, -0.15) is 0 Å². The molecule has 0 aromatic rings. The number of hydrogen-bond acceptors (Lipinski definition) is 7. The quantitative estimate of drug-likeness (QED) is 0.374. The molecule has 0 radical (unpaired) electrons. The van der Waals surface area contributed by atoms with Crippen LogP contribution in [0.25, 0.3) is 0 Å². The predicted octanol–water partition coefficient (Wildman–Crippen LogP) is 2.93. The zero-order valence-corrected chi connectivity index (χ0v) is 29.2. The third-order valence-electron chi connectivity index (χ3n) is 12.1. The molecule has 258 valence electrons. The lowest BCUT2D eigenvalue weighted by Gasteiger charge is -2.48. The normalized spacial score (nSPS) is 36.5. The van der Waals surface area contributed by atoms with Gasteiger partial charge in [-0.3, -0.25) is 19.4 Å². The second-order valence-corrected chi connectivity index (χ2v) is 17.2. The van der Waals surface area contributed by atoms with Crippen molar-refractivity contribution in [1.29, 1.82) is 0 Å². The van der Waals surface area contributed by atoms with E-state index in [2.05, 4.69) is 34.3 Å². The smallest absolute Gasteiger partial charge is 0.225 e. The number of carbonyl (C=O) groups excluding carboxylic acids is 2. The van der Waals surface area contributed by atoms with Crippen molar-refractivity contribution in [2.45, 2.75) is 103 Å². The van der Waals surface area contributed by atoms with Crippen molar-refractivity contribution in [1.82, 2.24) is 24.7 Å². The molecule has 0 aromatic heterocycles. The number of carbonyl (C=O) groups is 2. The zero-order valence-electron chi connectivity index (χ0n) is 28.4. The summed E-state index contributed by atoms with van der Waals surface area (Å²) >= 11 is 0. The first-order valence-corrected chi connectivity index (χ1v) is 20.0. The van der Waals surface area contributed by atoms with Gasteiger partial charge in [-0.1, -0.05) is 13.8 Å². The summed E-state index contributed by atoms with van der Waals surface area (Å²) in [5.41, 5.74) is 0. The van der Waals surface area contributed by atoms with Crippen molar-refractivity contribution in [3.8, 4) is 0 Å². The van der Waals surface area contributed by atoms with Crippen LogP contribution in [-0.4, -0.2) is 118 Å². The summed E-state index contributed by atoms with van der Waals surface area (Å²) in [6.45, 7) is 13.9. The Bertz CT molecular complexity index is 1080. The van der Waals surface area contributed by atoms with Gasteiger partial charge >= 0.3 is 0 Å². The fourth-order valence-corrected chi connectivity index (χ4v) is 10.4. The van der Waals surface area contributed by atoms with E-state index >= 15 is 0 Å². The van der Waals surface area contributed by atoms with Crippen LogP contribution in [0.1, 0.15) is 85.0 Å². The number of amides is 2. The van der Waals surface area contributed by atoms with Crippen molar-refractivity contribution < 1.29 is 22.7 Å². The van der Waals surface area contributed by atoms with Crippen LogP contribution in [0.5, 0.6) is 0 Å². The lowest BCUT2D eigenvalue weighted by atomic mass is 9.66. The first-order valence-electron chi connectivity index (χ1n) is 18.1. The molecule has 10 nitrogen and oxygen atoms in total. The molecule has 5 rings (SSSR count). The van der Waals surface area contributed by atoms with E-state index in [1.54, 1.807) is 4.31 Å². The average molecular weight is 652 g/mol. The predicted molar refractivity (Wildman–Crippen MR) is 177 cm³/mol. The molecule has 2 amide bonds. The number of rotatable bonds is 10. The fraction of sp³-hybridized carbons (Fsp3) is 0.941. The van der Waals surface area contributed by atoms with E-state index in [1.807, 2.05) is 6.92 Å². The highest BCUT2D eigenvalue weighted by atomic mass is 32.2. The number of piperidine rings is 2. The van der Waals surface area contributed by atoms with E-state index in [0.717, 1.165) is 77.3 Å². The molecule has 3 heterocycles. The summed E-state index contributed by atoms with van der Waals surface area (Å²) in [7, 11) is -3.17. The van der Waals surface area contributed by atoms with Crippen molar-refractivity contribution in [3.63, 3.8) is 0 Å². The Morgan fingerprint density at radius 1 is 0.933 bits per heavy atom. The van der Waals surface area contributed by atoms with Crippen molar-refractivity contribution in [2.75, 3.05) is 65.3 Å². The standard InChI is InChI=1S/C34H61N5O5S/c1-5-39(30-10-12-38(13-11-30)45(4,42)43)31-20-28(27-8-6-26(7-9-27)23-37-14-16-44-17-15-37)19-29(21-31)33(40)35-22-32-24(2)18-25(3)36-34(32)41/h24-32H,5-23H2,1-4H3,(H,35,40)(H,36,41). The molecule has 0 aromatic carbocycles. The second kappa shape index (κ2) is 15.8. The maximum atomic E-state index is 13.9. The van der Waals surface area contributed by atoms with Crippen LogP contribution in [0, 0.1) is 35.5 Å². The number of sulfonamides is 1. The molecular formula is C34H61N5O5S. The van der Waals surface area contributed by atoms with Gasteiger partial charge in [0.1, 0.15) is 0 Å². The Kier molecular flexibility index (Phi) is 12.3. The van der Waals surface area contributed by atoms with Crippen LogP contribution < -0.4 is 10.6 Å². The van der Waals surface area contributed by atoms with Gasteiger partial charge in [0.15, 0.2) is 0 Å². The van der Waals surface area contributed by atoms with Gasteiger partial charge in [0, 0.05) is 63.3 Å². The molecule has 5 aliphatic rings. The summed E-state index contributed by atoms with van der Waals surface area (Å²) in [5, 5.41) is 6.32. The van der Waals surface area contributed by atoms with Gasteiger partial charge in [-0.25, -0.2) is 12.7 Å². The van der Waals surface area contributed by atoms with Gasteiger partial charge in [0.2, 0.25) is 21.8 Å². The van der Waals surface area contributed by atoms with Crippen LogP contribution in [0.4, 0.5) is 0 Å². The van der Waals surface area contributed by atoms with Crippen LogP contribution >= 0.6 is 0 Å². The zero-order chi connectivity index (χ0) is 32.1. The van der Waals surface area contributed by atoms with Crippen LogP contribution in [-0.2, 0) is 24.3 Å². The van der Waals surface area contributed by atoms with E-state index in [1.165, 1.54) is 38.5 Å². The highest BCUT2D eigenvalue weighted by Crippen LogP contribution is 2.44. The van der Waals surface area contributed by atoms with Gasteiger partial charge in [-0.15, -0.1) is 0 Å². The number of ether oxygens (including phenoxy) is 1. The maximum Gasteiger partial charge on any atom is 0.225 e. The summed E-state index contributed by atoms with van der Waals surface area (Å²) in [6.07, 6.45) is 11.9. The molecule has 3 saturated heterocycles. The summed E-state index contributed by atoms with van der Waals surface area (Å²) in [6, 6.07) is 0.856. The number of nitrogens with one attached hydrogen (secondary N) is 2. The van der Waals surface area contributed by atoms with Gasteiger partial charge in [0.05, 0.1) is 25.4 Å². The highest BCUT2D eigenvalue weighted by molar-refractivity contribution is 7.88. The Morgan fingerprint density at radius 3 is 2.24 bits per heavy atom. The molecule has 0 spiro atoms. The lowest BCUT2D eigenvalue weighted by molar-refractivity contribution is -0.131. The first-order chi connectivity index (χ1) is 21.5. The van der Waals surface area contributed by atoms with Crippen molar-refractivity contribution >= 4 is 21.8 Å². The van der Waals surface area contributed by atoms with Gasteiger partial charge in [0.25, 0.3) is 0 Å². The minimum Gasteiger partial charge on any atom is -0.379 e. The average Bonchev–Trinajstić information content (AvgIpc) is 3.01. The topological polar surface area (TPSA) is 111 Å². The van der Waals surface area contributed by atoms with Crippen molar-refractivity contribution in [3.05, 3.63) is 0 Å². The lowest BCUT2D eigenvalue weighted by Crippen LogP contribution is -2.54. The number of hydrogen-bond donors (Lipinski definition) is 2. The van der Waals surface area contributed by atoms with E-state index in [9.17, 15) is 18.0 Å². The SMILES string of the molecule is CCN(C1CCN(S(C)(=O)=O)CC1)C1CC(C(=O)NCC2C(=O)NC(C)CC2C)CC(C2CCC(CN3CCOCC3)CC2)C1. The number of nitrogens with zero attached hydrogens (tertiary/aromatic N) is 3. The third kappa shape index (κ3) is 9.21. The monoisotopic (exact) mass is 651 g/mol. The van der Waals surface area contributed by atoms with E-state index < -0.39 is 10.0 Å². The molecule has 5 fully saturated rings. The molecule has 11 heteroatoms. The molecule has 2 saturated carbocycles. The van der Waals surface area contributed by atoms with E-state index in [0.29, 0.717) is 43.6 Å². The maximum absolute atomic E-state index is 13.9. The van der Waals surface area contributed by atoms with Crippen LogP contribution in [0.3, 0.4) is 0 Å². The molecular weight excluding hydrogens is 590 g/mol. The second-order valence-electron chi connectivity index (χ2n) is 15.2. The Hall–Kier alpha value is -1.27. The molecule has 45 heavy (non-hydrogen) atoms. The largest absolute Gasteiger partial charge is 0.379 e. The summed E-state index contributed by atoms with van der Waals surface area (Å²) < 4.78 is 31.5. The van der Waals surface area contributed by atoms with Crippen molar-refractivity contribution in [2.24, 2.45) is 35.5 Å². The Morgan fingerprint density at radius 2 is 1.62 bits per heavy atom. The van der Waals surface area contributed by atoms with E-state index in [-0.39, 0.29) is 35.6 Å². The molecule has 6 atom stereocenters. The van der Waals surface area contributed by atoms with Crippen LogP contribution in [0.15, 0.2) is 0 Å². The van der Waals surface area contributed by atoms with Gasteiger partial charge in [-0.05, 0) is 101 Å². The minimum atomic E-state index is -3.17. The summed E-state index contributed by atoms with van der Waals surface area (Å²) in [4.78, 5) is 31.8. The molecule has 2 N–H and O–H groups in total. The molecule has 0 bridgehead atoms. The van der Waals surface area contributed by atoms with E-state index in [4.69, 9.17) is 4.74 Å². The fourth-order valence-electron chi connectivity index (χ4n) is 9.55. The first kappa shape index (κ1) is 35.0. The van der Waals surface area contributed by atoms with Crippen LogP contribution in [0.2, 0.25) is 0 Å². The molecule has 2 aliphatic carbocycles. The molecule has 6 unspecified atom stereocenters. The summed E-state index contributed by atoms with van der Waals surface area (Å²) in [5.74, 6) is 2.14.